The molecule has 4 rings (SSSR count). The molecule has 0 aliphatic carbocycles. The molecule has 0 bridgehead atoms. The Balaban J connectivity index is 1.93. The Hall–Kier alpha value is -3.28. The fourth-order valence-electron chi connectivity index (χ4n) is 2.68. The second kappa shape index (κ2) is 5.42. The second-order valence-electron chi connectivity index (χ2n) is 5.47. The molecule has 1 N–H and O–H groups in total. The highest BCUT2D eigenvalue weighted by Crippen LogP contribution is 2.22. The molecule has 0 atom stereocenters. The number of aromatic nitrogens is 3. The summed E-state index contributed by atoms with van der Waals surface area (Å²) in [6, 6.07) is 13.8. The van der Waals surface area contributed by atoms with Gasteiger partial charge in [0.2, 0.25) is 0 Å². The second-order valence-corrected chi connectivity index (χ2v) is 5.47. The number of nitrogens with zero attached hydrogens (tertiary/aromatic N) is 3. The van der Waals surface area contributed by atoms with Crippen LogP contribution >= 0.6 is 0 Å². The predicted molar refractivity (Wildman–Crippen MR) is 92.0 cm³/mol. The minimum atomic E-state index is -0.367. The molecule has 118 valence electrons. The summed E-state index contributed by atoms with van der Waals surface area (Å²) in [7, 11) is 0. The first kappa shape index (κ1) is 14.3. The SMILES string of the molecule is Cc1nc2c([nH]c3ccc(F)cc32)c(=O)n1/N=C/c1ccccc1. The minimum absolute atomic E-state index is 0.311. The molecule has 2 heterocycles. The lowest BCUT2D eigenvalue weighted by atomic mass is 10.2. The van der Waals surface area contributed by atoms with Crippen LogP contribution in [0.5, 0.6) is 0 Å². The van der Waals surface area contributed by atoms with Crippen LogP contribution in [-0.4, -0.2) is 20.9 Å². The van der Waals surface area contributed by atoms with Crippen molar-refractivity contribution in [3.05, 3.63) is 76.1 Å². The lowest BCUT2D eigenvalue weighted by Crippen LogP contribution is -2.20. The number of nitrogens with one attached hydrogen (secondary N) is 1. The Morgan fingerprint density at radius 1 is 1.21 bits per heavy atom. The summed E-state index contributed by atoms with van der Waals surface area (Å²) in [5.74, 6) is 0.0685. The van der Waals surface area contributed by atoms with Crippen molar-refractivity contribution < 1.29 is 4.39 Å². The van der Waals surface area contributed by atoms with E-state index in [1.165, 1.54) is 16.8 Å². The number of rotatable bonds is 2. The number of benzene rings is 2. The number of hydrogen-bond donors (Lipinski definition) is 1. The number of aryl methyl sites for hydroxylation is 1. The van der Waals surface area contributed by atoms with Crippen molar-refractivity contribution >= 4 is 28.2 Å². The first-order chi connectivity index (χ1) is 11.6. The van der Waals surface area contributed by atoms with E-state index in [4.69, 9.17) is 0 Å². The van der Waals surface area contributed by atoms with Crippen molar-refractivity contribution in [1.82, 2.24) is 14.6 Å². The first-order valence-electron chi connectivity index (χ1n) is 7.43. The van der Waals surface area contributed by atoms with Gasteiger partial charge >= 0.3 is 0 Å². The molecule has 5 nitrogen and oxygen atoms in total. The lowest BCUT2D eigenvalue weighted by Gasteiger charge is -2.03. The van der Waals surface area contributed by atoms with E-state index in [0.717, 1.165) is 5.56 Å². The first-order valence-corrected chi connectivity index (χ1v) is 7.43. The number of hydrogen-bond acceptors (Lipinski definition) is 3. The van der Waals surface area contributed by atoms with E-state index in [1.807, 2.05) is 30.3 Å². The molecule has 2 aromatic carbocycles. The maximum Gasteiger partial charge on any atom is 0.298 e. The zero-order valence-corrected chi connectivity index (χ0v) is 12.8. The van der Waals surface area contributed by atoms with Crippen molar-refractivity contribution in [3.63, 3.8) is 0 Å². The summed E-state index contributed by atoms with van der Waals surface area (Å²) in [5, 5.41) is 4.82. The molecule has 0 saturated carbocycles. The molecular weight excluding hydrogens is 307 g/mol. The van der Waals surface area contributed by atoms with Gasteiger partial charge in [0.1, 0.15) is 22.7 Å². The summed E-state index contributed by atoms with van der Waals surface area (Å²) in [6.45, 7) is 1.70. The quantitative estimate of drug-likeness (QED) is 0.576. The standard InChI is InChI=1S/C18H13FN4O/c1-11-21-16-14-9-13(19)7-8-15(14)22-17(16)18(24)23(11)20-10-12-5-3-2-4-6-12/h2-10,22H,1H3/b20-10+. The summed E-state index contributed by atoms with van der Waals surface area (Å²) in [5.41, 5.74) is 1.99. The number of H-pyrrole nitrogens is 1. The predicted octanol–water partition coefficient (Wildman–Crippen LogP) is 3.21. The van der Waals surface area contributed by atoms with Gasteiger partial charge < -0.3 is 4.98 Å². The number of halogens is 1. The van der Waals surface area contributed by atoms with E-state index < -0.39 is 0 Å². The van der Waals surface area contributed by atoms with E-state index in [9.17, 15) is 9.18 Å². The fraction of sp³-hybridized carbons (Fsp3) is 0.0556. The van der Waals surface area contributed by atoms with Crippen LogP contribution in [0.4, 0.5) is 4.39 Å². The van der Waals surface area contributed by atoms with Crippen LogP contribution < -0.4 is 5.56 Å². The van der Waals surface area contributed by atoms with E-state index >= 15 is 0 Å². The van der Waals surface area contributed by atoms with E-state index in [0.29, 0.717) is 27.8 Å². The molecule has 2 aromatic heterocycles. The maximum atomic E-state index is 13.5. The maximum absolute atomic E-state index is 13.5. The van der Waals surface area contributed by atoms with Crippen molar-refractivity contribution in [2.24, 2.45) is 5.10 Å². The van der Waals surface area contributed by atoms with Crippen LogP contribution in [0, 0.1) is 12.7 Å². The summed E-state index contributed by atoms with van der Waals surface area (Å²) < 4.78 is 14.7. The Kier molecular flexibility index (Phi) is 3.23. The topological polar surface area (TPSA) is 63.0 Å². The van der Waals surface area contributed by atoms with E-state index in [-0.39, 0.29) is 11.4 Å². The van der Waals surface area contributed by atoms with Crippen molar-refractivity contribution in [1.29, 1.82) is 0 Å². The monoisotopic (exact) mass is 320 g/mol. The van der Waals surface area contributed by atoms with Crippen LogP contribution in [0.15, 0.2) is 58.4 Å². The zero-order valence-electron chi connectivity index (χ0n) is 12.8. The van der Waals surface area contributed by atoms with Gasteiger partial charge in [-0.05, 0) is 30.7 Å². The highest BCUT2D eigenvalue weighted by molar-refractivity contribution is 6.04. The average molecular weight is 320 g/mol. The molecule has 6 heteroatoms. The van der Waals surface area contributed by atoms with Crippen LogP contribution in [0.2, 0.25) is 0 Å². The van der Waals surface area contributed by atoms with Crippen LogP contribution in [0.25, 0.3) is 21.9 Å². The Bertz CT molecular complexity index is 1140. The zero-order chi connectivity index (χ0) is 16.7. The molecule has 4 aromatic rings. The molecule has 0 aliphatic heterocycles. The van der Waals surface area contributed by atoms with E-state index in [1.54, 1.807) is 19.2 Å². The Labute approximate surface area is 136 Å². The van der Waals surface area contributed by atoms with Gasteiger partial charge in [-0.1, -0.05) is 30.3 Å². The Morgan fingerprint density at radius 2 is 2.00 bits per heavy atom. The van der Waals surface area contributed by atoms with Crippen molar-refractivity contribution in [2.45, 2.75) is 6.92 Å². The van der Waals surface area contributed by atoms with E-state index in [2.05, 4.69) is 15.1 Å². The van der Waals surface area contributed by atoms with Gasteiger partial charge in [0.15, 0.2) is 0 Å². The molecule has 0 unspecified atom stereocenters. The van der Waals surface area contributed by atoms with Gasteiger partial charge in [-0.15, -0.1) is 0 Å². The third kappa shape index (κ3) is 2.28. The summed E-state index contributed by atoms with van der Waals surface area (Å²) in [6.07, 6.45) is 1.60. The highest BCUT2D eigenvalue weighted by Gasteiger charge is 2.13. The smallest absolute Gasteiger partial charge is 0.298 e. The van der Waals surface area contributed by atoms with Gasteiger partial charge in [0, 0.05) is 10.9 Å². The minimum Gasteiger partial charge on any atom is -0.349 e. The molecule has 24 heavy (non-hydrogen) atoms. The summed E-state index contributed by atoms with van der Waals surface area (Å²) in [4.78, 5) is 20.1. The largest absolute Gasteiger partial charge is 0.349 e. The molecule has 0 fully saturated rings. The van der Waals surface area contributed by atoms with Gasteiger partial charge in [-0.25, -0.2) is 9.37 Å². The molecule has 0 amide bonds. The van der Waals surface area contributed by atoms with Gasteiger partial charge in [0.05, 0.1) is 6.21 Å². The normalized spacial score (nSPS) is 11.8. The van der Waals surface area contributed by atoms with Crippen molar-refractivity contribution in [3.8, 4) is 0 Å². The van der Waals surface area contributed by atoms with Crippen molar-refractivity contribution in [2.75, 3.05) is 0 Å². The highest BCUT2D eigenvalue weighted by atomic mass is 19.1. The van der Waals surface area contributed by atoms with Gasteiger partial charge in [-0.3, -0.25) is 4.79 Å². The molecule has 0 radical (unpaired) electrons. The molecular formula is C18H13FN4O. The number of fused-ring (bicyclic) bond motifs is 3. The Morgan fingerprint density at radius 3 is 2.79 bits per heavy atom. The lowest BCUT2D eigenvalue weighted by molar-refractivity contribution is 0.630. The van der Waals surface area contributed by atoms with Crippen LogP contribution in [0.3, 0.4) is 0 Å². The third-order valence-corrected chi connectivity index (χ3v) is 3.84. The van der Waals surface area contributed by atoms with Crippen LogP contribution in [-0.2, 0) is 0 Å². The molecule has 0 saturated heterocycles. The fourth-order valence-corrected chi connectivity index (χ4v) is 2.68. The molecule has 0 aliphatic rings. The van der Waals surface area contributed by atoms with Gasteiger partial charge in [0.25, 0.3) is 5.56 Å². The van der Waals surface area contributed by atoms with Gasteiger partial charge in [-0.2, -0.15) is 9.78 Å². The molecule has 0 spiro atoms. The third-order valence-electron chi connectivity index (χ3n) is 3.84. The van der Waals surface area contributed by atoms with Crippen LogP contribution in [0.1, 0.15) is 11.4 Å². The summed E-state index contributed by atoms with van der Waals surface area (Å²) >= 11 is 0. The number of aromatic amines is 1. The average Bonchev–Trinajstić information content (AvgIpc) is 2.94.